The summed E-state index contributed by atoms with van der Waals surface area (Å²) in [5, 5.41) is 2.63. The Hall–Kier alpha value is -1.28. The Morgan fingerprint density at radius 3 is 2.38 bits per heavy atom. The minimum absolute atomic E-state index is 0.313. The number of alkyl carbamates (subject to hydrolysis) is 1. The third kappa shape index (κ3) is 8.06. The molecule has 0 aromatic rings. The van der Waals surface area contributed by atoms with E-state index < -0.39 is 11.7 Å². The van der Waals surface area contributed by atoms with Crippen LogP contribution >= 0.6 is 0 Å². The molecule has 0 aliphatic carbocycles. The molecule has 0 fully saturated rings. The molecule has 0 aromatic carbocycles. The molecule has 0 radical (unpaired) electrons. The van der Waals surface area contributed by atoms with E-state index in [-0.39, 0.29) is 6.04 Å². The Morgan fingerprint density at radius 1 is 1.44 bits per heavy atom. The maximum Gasteiger partial charge on any atom is 0.408 e. The summed E-state index contributed by atoms with van der Waals surface area (Å²) in [5.74, 6) is 2.08. The van der Waals surface area contributed by atoms with Crippen molar-refractivity contribution >= 4 is 12.0 Å². The van der Waals surface area contributed by atoms with Gasteiger partial charge in [0.25, 0.3) is 0 Å². The lowest BCUT2D eigenvalue weighted by Crippen LogP contribution is -2.38. The van der Waals surface area contributed by atoms with Crippen LogP contribution in [0.3, 0.4) is 0 Å². The Morgan fingerprint density at radius 2 is 2.00 bits per heavy atom. The quantitative estimate of drug-likeness (QED) is 0.750. The van der Waals surface area contributed by atoms with Crippen LogP contribution in [0.5, 0.6) is 0 Å². The number of ether oxygens (including phenoxy) is 1. The Labute approximate surface area is 97.1 Å². The maximum atomic E-state index is 11.4. The van der Waals surface area contributed by atoms with Gasteiger partial charge >= 0.3 is 6.09 Å². The molecule has 1 N–H and O–H groups in total. The van der Waals surface area contributed by atoms with E-state index in [1.54, 1.807) is 26.7 Å². The SMILES string of the molecule is CC(C)C[C@@H](C=C=O)NC(=O)OC(C)(C)C. The van der Waals surface area contributed by atoms with Crippen molar-refractivity contribution in [3.63, 3.8) is 0 Å². The number of rotatable bonds is 4. The Bertz CT molecular complexity index is 272. The fourth-order valence-corrected chi connectivity index (χ4v) is 1.22. The van der Waals surface area contributed by atoms with E-state index in [0.717, 1.165) is 0 Å². The van der Waals surface area contributed by atoms with Crippen molar-refractivity contribution in [2.24, 2.45) is 5.92 Å². The van der Waals surface area contributed by atoms with E-state index in [9.17, 15) is 9.59 Å². The van der Waals surface area contributed by atoms with Gasteiger partial charge in [-0.05, 0) is 33.1 Å². The van der Waals surface area contributed by atoms with Gasteiger partial charge in [-0.2, -0.15) is 0 Å². The summed E-state index contributed by atoms with van der Waals surface area (Å²) in [6.07, 6.45) is 1.49. The van der Waals surface area contributed by atoms with Gasteiger partial charge in [0.15, 0.2) is 0 Å². The van der Waals surface area contributed by atoms with Crippen molar-refractivity contribution < 1.29 is 14.3 Å². The lowest BCUT2D eigenvalue weighted by atomic mass is 10.0. The van der Waals surface area contributed by atoms with E-state index in [1.165, 1.54) is 6.08 Å². The van der Waals surface area contributed by atoms with Crippen molar-refractivity contribution in [1.82, 2.24) is 5.32 Å². The minimum atomic E-state index is -0.530. The van der Waals surface area contributed by atoms with Crippen molar-refractivity contribution in [3.8, 4) is 0 Å². The average Bonchev–Trinajstić information content (AvgIpc) is 1.98. The summed E-state index contributed by atoms with van der Waals surface area (Å²) in [6, 6.07) is -0.313. The van der Waals surface area contributed by atoms with Gasteiger partial charge in [-0.3, -0.25) is 0 Å². The van der Waals surface area contributed by atoms with Gasteiger partial charge in [0, 0.05) is 6.08 Å². The lowest BCUT2D eigenvalue weighted by Gasteiger charge is -2.22. The second kappa shape index (κ2) is 6.33. The molecule has 4 heteroatoms. The first-order chi connectivity index (χ1) is 7.24. The predicted molar refractivity (Wildman–Crippen MR) is 62.9 cm³/mol. The first-order valence-electron chi connectivity index (χ1n) is 5.45. The van der Waals surface area contributed by atoms with E-state index in [4.69, 9.17) is 4.74 Å². The van der Waals surface area contributed by atoms with Gasteiger partial charge in [-0.1, -0.05) is 13.8 Å². The van der Waals surface area contributed by atoms with Gasteiger partial charge in [-0.25, -0.2) is 9.59 Å². The summed E-state index contributed by atoms with van der Waals surface area (Å²) in [7, 11) is 0. The average molecular weight is 227 g/mol. The lowest BCUT2D eigenvalue weighted by molar-refractivity contribution is 0.0510. The van der Waals surface area contributed by atoms with Crippen LogP contribution < -0.4 is 5.32 Å². The van der Waals surface area contributed by atoms with E-state index >= 15 is 0 Å². The maximum absolute atomic E-state index is 11.4. The van der Waals surface area contributed by atoms with Gasteiger partial charge in [-0.15, -0.1) is 0 Å². The Kier molecular flexibility index (Phi) is 5.83. The van der Waals surface area contributed by atoms with Crippen LogP contribution in [-0.4, -0.2) is 23.7 Å². The molecular weight excluding hydrogens is 206 g/mol. The molecule has 92 valence electrons. The molecule has 1 amide bonds. The highest BCUT2D eigenvalue weighted by Crippen LogP contribution is 2.09. The smallest absolute Gasteiger partial charge is 0.408 e. The monoisotopic (exact) mass is 227 g/mol. The molecule has 0 aliphatic heterocycles. The van der Waals surface area contributed by atoms with Crippen LogP contribution in [0.15, 0.2) is 6.08 Å². The van der Waals surface area contributed by atoms with Crippen molar-refractivity contribution in [1.29, 1.82) is 0 Å². The summed E-state index contributed by atoms with van der Waals surface area (Å²) < 4.78 is 5.10. The fourth-order valence-electron chi connectivity index (χ4n) is 1.22. The molecule has 0 spiro atoms. The summed E-state index contributed by atoms with van der Waals surface area (Å²) >= 11 is 0. The molecule has 0 aliphatic rings. The molecule has 1 atom stereocenters. The molecule has 0 saturated heterocycles. The topological polar surface area (TPSA) is 55.4 Å². The molecule has 16 heavy (non-hydrogen) atoms. The summed E-state index contributed by atoms with van der Waals surface area (Å²) in [6.45, 7) is 9.41. The van der Waals surface area contributed by atoms with E-state index in [2.05, 4.69) is 5.32 Å². The molecule has 0 rings (SSSR count). The fraction of sp³-hybridized carbons (Fsp3) is 0.750. The highest BCUT2D eigenvalue weighted by Gasteiger charge is 2.18. The van der Waals surface area contributed by atoms with Crippen LogP contribution in [0.1, 0.15) is 41.0 Å². The van der Waals surface area contributed by atoms with Gasteiger partial charge in [0.05, 0.1) is 6.04 Å². The Balaban J connectivity index is 4.29. The second-order valence-corrected chi connectivity index (χ2v) is 5.17. The van der Waals surface area contributed by atoms with Crippen molar-refractivity contribution in [2.45, 2.75) is 52.7 Å². The zero-order valence-corrected chi connectivity index (χ0v) is 10.7. The highest BCUT2D eigenvalue weighted by molar-refractivity contribution is 5.69. The largest absolute Gasteiger partial charge is 0.444 e. The molecule has 4 nitrogen and oxygen atoms in total. The predicted octanol–water partition coefficient (Wildman–Crippen LogP) is 2.31. The number of hydrogen-bond donors (Lipinski definition) is 1. The third-order valence-corrected chi connectivity index (χ3v) is 1.70. The number of hydrogen-bond acceptors (Lipinski definition) is 3. The normalized spacial score (nSPS) is 12.9. The summed E-state index contributed by atoms with van der Waals surface area (Å²) in [4.78, 5) is 21.7. The van der Waals surface area contributed by atoms with Crippen LogP contribution in [-0.2, 0) is 9.53 Å². The molecule has 0 bridgehead atoms. The first kappa shape index (κ1) is 14.7. The van der Waals surface area contributed by atoms with Gasteiger partial charge < -0.3 is 10.1 Å². The number of nitrogens with one attached hydrogen (secondary N) is 1. The number of carbonyl (C=O) groups is 1. The van der Waals surface area contributed by atoms with Crippen LogP contribution in [0.25, 0.3) is 0 Å². The standard InChI is InChI=1S/C12H21NO3/c1-9(2)8-10(6-7-14)13-11(15)16-12(3,4)5/h6,9-10H,8H2,1-5H3,(H,13,15)/t10-/m1/s1. The number of carbonyl (C=O) groups excluding carboxylic acids is 2. The zero-order valence-electron chi connectivity index (χ0n) is 10.7. The molecular formula is C12H21NO3. The van der Waals surface area contributed by atoms with Crippen LogP contribution in [0, 0.1) is 5.92 Å². The first-order valence-corrected chi connectivity index (χ1v) is 5.45. The molecule has 0 heterocycles. The molecule has 0 aromatic heterocycles. The number of amides is 1. The highest BCUT2D eigenvalue weighted by atomic mass is 16.6. The van der Waals surface area contributed by atoms with Gasteiger partial charge in [0.2, 0.25) is 0 Å². The molecule has 0 saturated carbocycles. The third-order valence-electron chi connectivity index (χ3n) is 1.70. The summed E-state index contributed by atoms with van der Waals surface area (Å²) in [5.41, 5.74) is -0.530. The molecule has 0 unspecified atom stereocenters. The van der Waals surface area contributed by atoms with Crippen LogP contribution in [0.4, 0.5) is 4.79 Å². The van der Waals surface area contributed by atoms with Crippen molar-refractivity contribution in [3.05, 3.63) is 6.08 Å². The van der Waals surface area contributed by atoms with Crippen molar-refractivity contribution in [2.75, 3.05) is 0 Å². The minimum Gasteiger partial charge on any atom is -0.444 e. The second-order valence-electron chi connectivity index (χ2n) is 5.17. The van der Waals surface area contributed by atoms with E-state index in [1.807, 2.05) is 13.8 Å². The van der Waals surface area contributed by atoms with Gasteiger partial charge in [0.1, 0.15) is 11.5 Å². The van der Waals surface area contributed by atoms with Crippen LogP contribution in [0.2, 0.25) is 0 Å². The van der Waals surface area contributed by atoms with E-state index in [0.29, 0.717) is 12.3 Å². The zero-order chi connectivity index (χ0) is 12.8.